The summed E-state index contributed by atoms with van der Waals surface area (Å²) in [7, 11) is 0. The molecule has 1 aromatic carbocycles. The van der Waals surface area contributed by atoms with Gasteiger partial charge < -0.3 is 15.1 Å². The second-order valence-electron chi connectivity index (χ2n) is 6.34. The van der Waals surface area contributed by atoms with Crippen LogP contribution < -0.4 is 10.6 Å². The van der Waals surface area contributed by atoms with Crippen molar-refractivity contribution in [3.63, 3.8) is 0 Å². The Balaban J connectivity index is 1.46. The highest BCUT2D eigenvalue weighted by atomic mass is 16.3. The van der Waals surface area contributed by atoms with E-state index in [1.54, 1.807) is 10.7 Å². The van der Waals surface area contributed by atoms with Gasteiger partial charge >= 0.3 is 0 Å². The normalized spacial score (nSPS) is 18.2. The van der Waals surface area contributed by atoms with Gasteiger partial charge in [0.2, 0.25) is 5.95 Å². The van der Waals surface area contributed by atoms with Crippen LogP contribution in [0.3, 0.4) is 0 Å². The summed E-state index contributed by atoms with van der Waals surface area (Å²) < 4.78 is 7.64. The largest absolute Gasteiger partial charge is 0.440 e. The lowest BCUT2D eigenvalue weighted by Gasteiger charge is -2.32. The second kappa shape index (κ2) is 5.44. The van der Waals surface area contributed by atoms with E-state index in [9.17, 15) is 0 Å². The maximum absolute atomic E-state index is 6.02. The van der Waals surface area contributed by atoms with Crippen molar-refractivity contribution in [3.05, 3.63) is 42.5 Å². The fourth-order valence-electron chi connectivity index (χ4n) is 3.45. The zero-order chi connectivity index (χ0) is 16.8. The summed E-state index contributed by atoms with van der Waals surface area (Å²) in [6.07, 6.45) is 3.66. The first kappa shape index (κ1) is 14.2. The maximum Gasteiger partial charge on any atom is 0.209 e. The van der Waals surface area contributed by atoms with Crippen LogP contribution in [0.15, 0.2) is 41.1 Å². The Morgan fingerprint density at radius 2 is 2.12 bits per heavy atom. The van der Waals surface area contributed by atoms with E-state index in [4.69, 9.17) is 10.2 Å². The van der Waals surface area contributed by atoms with Gasteiger partial charge in [-0.05, 0) is 25.0 Å². The minimum Gasteiger partial charge on any atom is -0.440 e. The Hall–Kier alpha value is -3.16. The van der Waals surface area contributed by atoms with Crippen molar-refractivity contribution in [3.8, 4) is 0 Å². The first-order chi connectivity index (χ1) is 12.3. The highest BCUT2D eigenvalue weighted by Gasteiger charge is 2.26. The smallest absolute Gasteiger partial charge is 0.209 e. The van der Waals surface area contributed by atoms with Crippen molar-refractivity contribution in [2.75, 3.05) is 23.7 Å². The molecule has 0 bridgehead atoms. The molecule has 126 valence electrons. The van der Waals surface area contributed by atoms with Gasteiger partial charge in [-0.1, -0.05) is 12.1 Å². The fourth-order valence-corrected chi connectivity index (χ4v) is 3.45. The lowest BCUT2D eigenvalue weighted by atomic mass is 9.98. The van der Waals surface area contributed by atoms with E-state index >= 15 is 0 Å². The van der Waals surface area contributed by atoms with E-state index in [-0.39, 0.29) is 5.92 Å². The molecule has 8 nitrogen and oxygen atoms in total. The van der Waals surface area contributed by atoms with Gasteiger partial charge in [0.05, 0.1) is 5.92 Å². The third-order valence-corrected chi connectivity index (χ3v) is 4.71. The van der Waals surface area contributed by atoms with Gasteiger partial charge in [0.1, 0.15) is 17.7 Å². The summed E-state index contributed by atoms with van der Waals surface area (Å²) in [6, 6.07) is 9.78. The molecule has 1 fully saturated rings. The van der Waals surface area contributed by atoms with E-state index in [1.165, 1.54) is 0 Å². The molecule has 1 saturated heterocycles. The molecule has 1 aliphatic heterocycles. The van der Waals surface area contributed by atoms with Crippen molar-refractivity contribution in [1.29, 1.82) is 0 Å². The monoisotopic (exact) mass is 335 g/mol. The van der Waals surface area contributed by atoms with Crippen LogP contribution >= 0.6 is 0 Å². The molecule has 0 spiro atoms. The van der Waals surface area contributed by atoms with Gasteiger partial charge in [-0.2, -0.15) is 4.98 Å². The van der Waals surface area contributed by atoms with Crippen LogP contribution in [-0.2, 0) is 0 Å². The van der Waals surface area contributed by atoms with Gasteiger partial charge in [0.15, 0.2) is 17.1 Å². The molecule has 2 N–H and O–H groups in total. The number of oxazole rings is 1. The molecule has 1 atom stereocenters. The van der Waals surface area contributed by atoms with Crippen LogP contribution in [0.4, 0.5) is 11.8 Å². The predicted molar refractivity (Wildman–Crippen MR) is 93.4 cm³/mol. The lowest BCUT2D eigenvalue weighted by molar-refractivity contribution is 0.412. The number of fused-ring (bicyclic) bond motifs is 2. The molecule has 5 rings (SSSR count). The van der Waals surface area contributed by atoms with Crippen molar-refractivity contribution in [1.82, 2.24) is 24.6 Å². The van der Waals surface area contributed by atoms with E-state index in [0.717, 1.165) is 48.7 Å². The highest BCUT2D eigenvalue weighted by Crippen LogP contribution is 2.31. The number of nitrogen functional groups attached to an aromatic ring is 1. The molecule has 4 aromatic rings. The molecule has 3 aromatic heterocycles. The summed E-state index contributed by atoms with van der Waals surface area (Å²) in [5.74, 6) is 2.24. The van der Waals surface area contributed by atoms with Crippen LogP contribution in [0, 0.1) is 0 Å². The number of benzene rings is 1. The zero-order valence-electron chi connectivity index (χ0n) is 13.5. The molecule has 0 radical (unpaired) electrons. The molecular weight excluding hydrogens is 318 g/mol. The lowest BCUT2D eigenvalue weighted by Crippen LogP contribution is -2.35. The Labute approximate surface area is 143 Å². The number of aromatic nitrogens is 5. The van der Waals surface area contributed by atoms with Gasteiger partial charge in [-0.3, -0.25) is 4.40 Å². The fraction of sp³-hybridized carbons (Fsp3) is 0.294. The van der Waals surface area contributed by atoms with Crippen LogP contribution in [0.1, 0.15) is 24.7 Å². The predicted octanol–water partition coefficient (Wildman–Crippen LogP) is 2.23. The SMILES string of the molecule is Nc1nc(N2CCCC(c3nc4ccccc4o3)C2)cc2nncn12. The summed E-state index contributed by atoms with van der Waals surface area (Å²) in [5.41, 5.74) is 8.46. The molecule has 1 unspecified atom stereocenters. The average Bonchev–Trinajstić information content (AvgIpc) is 3.28. The molecule has 0 saturated carbocycles. The summed E-state index contributed by atoms with van der Waals surface area (Å²) >= 11 is 0. The quantitative estimate of drug-likeness (QED) is 0.600. The summed E-state index contributed by atoms with van der Waals surface area (Å²) in [4.78, 5) is 11.4. The second-order valence-corrected chi connectivity index (χ2v) is 6.34. The molecule has 1 aliphatic rings. The van der Waals surface area contributed by atoms with Crippen LogP contribution in [0.25, 0.3) is 16.7 Å². The number of nitrogens with two attached hydrogens (primary N) is 1. The van der Waals surface area contributed by atoms with Gasteiger partial charge in [0, 0.05) is 19.2 Å². The van der Waals surface area contributed by atoms with Crippen LogP contribution in [0.5, 0.6) is 0 Å². The number of para-hydroxylation sites is 2. The molecular formula is C17H17N7O. The summed E-state index contributed by atoms with van der Waals surface area (Å²) in [6.45, 7) is 1.72. The van der Waals surface area contributed by atoms with Gasteiger partial charge in [0.25, 0.3) is 0 Å². The minimum absolute atomic E-state index is 0.235. The number of piperidine rings is 1. The van der Waals surface area contributed by atoms with Crippen LogP contribution in [0.2, 0.25) is 0 Å². The topological polar surface area (TPSA) is 98.4 Å². The molecule has 0 amide bonds. The third kappa shape index (κ3) is 2.37. The molecule has 25 heavy (non-hydrogen) atoms. The van der Waals surface area contributed by atoms with E-state index in [0.29, 0.717) is 11.6 Å². The minimum atomic E-state index is 0.235. The van der Waals surface area contributed by atoms with Crippen LogP contribution in [-0.4, -0.2) is 37.7 Å². The Bertz CT molecular complexity index is 1020. The Morgan fingerprint density at radius 3 is 3.04 bits per heavy atom. The van der Waals surface area contributed by atoms with E-state index < -0.39 is 0 Å². The number of rotatable bonds is 2. The highest BCUT2D eigenvalue weighted by molar-refractivity contribution is 5.72. The Kier molecular flexibility index (Phi) is 3.09. The number of hydrogen-bond donors (Lipinski definition) is 1. The maximum atomic E-state index is 6.02. The zero-order valence-corrected chi connectivity index (χ0v) is 13.5. The van der Waals surface area contributed by atoms with Crippen molar-refractivity contribution < 1.29 is 4.42 Å². The first-order valence-electron chi connectivity index (χ1n) is 8.34. The molecule has 4 heterocycles. The molecule has 8 heteroatoms. The average molecular weight is 335 g/mol. The standard InChI is InChI=1S/C17H17N7O/c18-17-21-14(8-15-22-19-10-24(15)17)23-7-3-4-11(9-23)16-20-12-5-1-2-6-13(12)25-16/h1-2,5-6,8,10-11H,3-4,7,9H2,(H2,18,21). The number of nitrogens with zero attached hydrogens (tertiary/aromatic N) is 6. The Morgan fingerprint density at radius 1 is 1.20 bits per heavy atom. The number of anilines is 2. The third-order valence-electron chi connectivity index (χ3n) is 4.71. The van der Waals surface area contributed by atoms with E-state index in [2.05, 4.69) is 25.1 Å². The first-order valence-corrected chi connectivity index (χ1v) is 8.34. The molecule has 0 aliphatic carbocycles. The van der Waals surface area contributed by atoms with Crippen molar-refractivity contribution in [2.24, 2.45) is 0 Å². The van der Waals surface area contributed by atoms with Gasteiger partial charge in [-0.15, -0.1) is 10.2 Å². The number of hydrogen-bond acceptors (Lipinski definition) is 7. The van der Waals surface area contributed by atoms with Crippen molar-refractivity contribution in [2.45, 2.75) is 18.8 Å². The van der Waals surface area contributed by atoms with Crippen molar-refractivity contribution >= 4 is 28.5 Å². The van der Waals surface area contributed by atoms with Gasteiger partial charge in [-0.25, -0.2) is 4.98 Å². The summed E-state index contributed by atoms with van der Waals surface area (Å²) in [5, 5.41) is 7.96. The van der Waals surface area contributed by atoms with E-state index in [1.807, 2.05) is 30.3 Å².